The van der Waals surface area contributed by atoms with Crippen molar-refractivity contribution in [3.63, 3.8) is 0 Å². The van der Waals surface area contributed by atoms with Crippen LogP contribution in [0.3, 0.4) is 0 Å². The number of hydrogen-bond donors (Lipinski definition) is 0. The van der Waals surface area contributed by atoms with Gasteiger partial charge in [0.25, 0.3) is 0 Å². The molecule has 0 saturated heterocycles. The number of rotatable bonds is 11. The molecule has 1 rings (SSSR count). The lowest BCUT2D eigenvalue weighted by Gasteiger charge is -2.42. The van der Waals surface area contributed by atoms with E-state index in [-0.39, 0.29) is 0 Å². The van der Waals surface area contributed by atoms with Crippen LogP contribution in [0.1, 0.15) is 60.8 Å². The quantitative estimate of drug-likeness (QED) is 0.229. The number of benzene rings is 1. The Morgan fingerprint density at radius 3 is 1.96 bits per heavy atom. The Labute approximate surface area is 151 Å². The lowest BCUT2D eigenvalue weighted by atomic mass is 10.2. The van der Waals surface area contributed by atoms with Crippen LogP contribution in [0.4, 0.5) is 0 Å². The summed E-state index contributed by atoms with van der Waals surface area (Å²) in [6.07, 6.45) is 8.42. The van der Waals surface area contributed by atoms with Crippen molar-refractivity contribution in [2.75, 3.05) is 6.61 Å². The van der Waals surface area contributed by atoms with Crippen molar-refractivity contribution in [1.29, 1.82) is 0 Å². The third-order valence-electron chi connectivity index (χ3n) is 5.64. The summed E-state index contributed by atoms with van der Waals surface area (Å²) in [5, 5.41) is 0. The van der Waals surface area contributed by atoms with Crippen LogP contribution in [0.25, 0.3) is 0 Å². The molecule has 0 bridgehead atoms. The minimum absolute atomic E-state index is 0.820. The van der Waals surface area contributed by atoms with Crippen LogP contribution >= 0.6 is 0 Å². The van der Waals surface area contributed by atoms with Crippen molar-refractivity contribution < 1.29 is 4.74 Å². The molecule has 1 nitrogen and oxygen atoms in total. The summed E-state index contributed by atoms with van der Waals surface area (Å²) in [6, 6.07) is 11.4. The van der Waals surface area contributed by atoms with Gasteiger partial charge >= 0.3 is 0 Å². The molecule has 0 aromatic heterocycles. The van der Waals surface area contributed by atoms with E-state index < -0.39 is 8.07 Å². The molecular formula is C22H38OSi. The molecule has 0 N–H and O–H groups in total. The Balaban J connectivity index is 2.31. The highest BCUT2D eigenvalue weighted by molar-refractivity contribution is 6.83. The molecule has 0 aliphatic carbocycles. The number of ether oxygens (including phenoxy) is 1. The average Bonchev–Trinajstić information content (AvgIpc) is 2.53. The Kier molecular flexibility index (Phi) is 9.43. The fraction of sp³-hybridized carbons (Fsp3) is 0.636. The molecule has 0 spiro atoms. The normalized spacial score (nSPS) is 12.7. The largest absolute Gasteiger partial charge is 0.494 e. The second-order valence-corrected chi connectivity index (χ2v) is 14.0. The summed E-state index contributed by atoms with van der Waals surface area (Å²) in [5.74, 6) is 0.981. The Hall–Kier alpha value is -1.02. The predicted octanol–water partition coefficient (Wildman–Crippen LogP) is 7.47. The first kappa shape index (κ1) is 21.0. The average molecular weight is 347 g/mol. The Morgan fingerprint density at radius 2 is 1.42 bits per heavy atom. The molecule has 0 aliphatic heterocycles. The number of unbranched alkanes of at least 4 members (excludes halogenated alkanes) is 2. The van der Waals surface area contributed by atoms with Gasteiger partial charge in [-0.05, 0) is 37.4 Å². The minimum atomic E-state index is -1.26. The van der Waals surface area contributed by atoms with Crippen LogP contribution in [0.2, 0.25) is 22.7 Å². The summed E-state index contributed by atoms with van der Waals surface area (Å²) >= 11 is 0. The highest BCUT2D eigenvalue weighted by Crippen LogP contribution is 2.44. The SMILES string of the molecule is CC(C)[Si](C/C=C/CCCCOc1ccccc1)(C(C)C)C(C)C. The van der Waals surface area contributed by atoms with Crippen LogP contribution in [0, 0.1) is 0 Å². The molecule has 1 aromatic carbocycles. The van der Waals surface area contributed by atoms with E-state index >= 15 is 0 Å². The Morgan fingerprint density at radius 1 is 0.833 bits per heavy atom. The van der Waals surface area contributed by atoms with Gasteiger partial charge in [0, 0.05) is 0 Å². The fourth-order valence-electron chi connectivity index (χ4n) is 4.18. The molecule has 2 heteroatoms. The second-order valence-electron chi connectivity index (χ2n) is 7.91. The summed E-state index contributed by atoms with van der Waals surface area (Å²) < 4.78 is 5.74. The minimum Gasteiger partial charge on any atom is -0.494 e. The van der Waals surface area contributed by atoms with E-state index in [1.165, 1.54) is 18.9 Å². The molecule has 1 aromatic rings. The summed E-state index contributed by atoms with van der Waals surface area (Å²) in [6.45, 7) is 15.5. The van der Waals surface area contributed by atoms with Crippen molar-refractivity contribution >= 4 is 8.07 Å². The highest BCUT2D eigenvalue weighted by Gasteiger charge is 2.41. The molecule has 0 saturated carbocycles. The van der Waals surface area contributed by atoms with E-state index in [1.807, 2.05) is 30.3 Å². The molecule has 0 heterocycles. The van der Waals surface area contributed by atoms with Gasteiger partial charge in [-0.1, -0.05) is 88.5 Å². The maximum atomic E-state index is 5.74. The number of hydrogen-bond acceptors (Lipinski definition) is 1. The molecule has 0 unspecified atom stereocenters. The van der Waals surface area contributed by atoms with Crippen molar-refractivity contribution in [3.05, 3.63) is 42.5 Å². The molecule has 0 atom stereocenters. The topological polar surface area (TPSA) is 9.23 Å². The third-order valence-corrected chi connectivity index (χ3v) is 13.0. The van der Waals surface area contributed by atoms with Crippen molar-refractivity contribution in [2.24, 2.45) is 0 Å². The van der Waals surface area contributed by atoms with Gasteiger partial charge in [-0.15, -0.1) is 0 Å². The van der Waals surface area contributed by atoms with E-state index in [9.17, 15) is 0 Å². The van der Waals surface area contributed by atoms with Gasteiger partial charge < -0.3 is 4.74 Å². The predicted molar refractivity (Wildman–Crippen MR) is 111 cm³/mol. The number of para-hydroxylation sites is 1. The van der Waals surface area contributed by atoms with Gasteiger partial charge in [-0.2, -0.15) is 0 Å². The number of allylic oxidation sites excluding steroid dienone is 2. The monoisotopic (exact) mass is 346 g/mol. The summed E-state index contributed by atoms with van der Waals surface area (Å²) in [5.41, 5.74) is 2.55. The van der Waals surface area contributed by atoms with Crippen LogP contribution in [0.5, 0.6) is 5.75 Å². The van der Waals surface area contributed by atoms with Crippen molar-refractivity contribution in [2.45, 2.75) is 83.5 Å². The maximum Gasteiger partial charge on any atom is 0.119 e. The zero-order valence-electron chi connectivity index (χ0n) is 16.7. The highest BCUT2D eigenvalue weighted by atomic mass is 28.3. The smallest absolute Gasteiger partial charge is 0.119 e. The van der Waals surface area contributed by atoms with E-state index in [4.69, 9.17) is 4.74 Å². The van der Waals surface area contributed by atoms with Gasteiger partial charge in [0.05, 0.1) is 14.7 Å². The van der Waals surface area contributed by atoms with E-state index in [2.05, 4.69) is 53.7 Å². The van der Waals surface area contributed by atoms with Gasteiger partial charge in [-0.3, -0.25) is 0 Å². The van der Waals surface area contributed by atoms with E-state index in [1.54, 1.807) is 0 Å². The van der Waals surface area contributed by atoms with Crippen molar-refractivity contribution in [3.8, 4) is 5.75 Å². The summed E-state index contributed by atoms with van der Waals surface area (Å²) in [4.78, 5) is 0. The zero-order valence-corrected chi connectivity index (χ0v) is 17.7. The van der Waals surface area contributed by atoms with E-state index in [0.717, 1.165) is 35.4 Å². The lowest BCUT2D eigenvalue weighted by Crippen LogP contribution is -2.43. The van der Waals surface area contributed by atoms with Crippen LogP contribution < -0.4 is 4.74 Å². The van der Waals surface area contributed by atoms with Crippen LogP contribution in [0.15, 0.2) is 42.5 Å². The molecule has 0 amide bonds. The molecule has 0 radical (unpaired) electrons. The maximum absolute atomic E-state index is 5.74. The van der Waals surface area contributed by atoms with Crippen LogP contribution in [-0.2, 0) is 0 Å². The molecule has 0 fully saturated rings. The van der Waals surface area contributed by atoms with Crippen molar-refractivity contribution in [1.82, 2.24) is 0 Å². The first-order valence-electron chi connectivity index (χ1n) is 9.74. The van der Waals surface area contributed by atoms with E-state index in [0.29, 0.717) is 0 Å². The first-order valence-corrected chi connectivity index (χ1v) is 12.2. The fourth-order valence-corrected chi connectivity index (χ4v) is 10.2. The summed E-state index contributed by atoms with van der Waals surface area (Å²) in [7, 11) is -1.26. The molecular weight excluding hydrogens is 308 g/mol. The third kappa shape index (κ3) is 6.12. The molecule has 0 aliphatic rings. The first-order chi connectivity index (χ1) is 11.4. The van der Waals surface area contributed by atoms with Gasteiger partial charge in [-0.25, -0.2) is 0 Å². The standard InChI is InChI=1S/C22H38OSi/c1-19(2)24(20(3)4,21(5)6)18-14-9-7-8-13-17-23-22-15-11-10-12-16-22/h9-12,14-16,19-21H,7-8,13,17-18H2,1-6H3/b14-9+. The van der Waals surface area contributed by atoms with Gasteiger partial charge in [0.1, 0.15) is 5.75 Å². The Bertz CT molecular complexity index is 440. The lowest BCUT2D eigenvalue weighted by molar-refractivity contribution is 0.307. The van der Waals surface area contributed by atoms with Gasteiger partial charge in [0.15, 0.2) is 0 Å². The van der Waals surface area contributed by atoms with Crippen LogP contribution in [-0.4, -0.2) is 14.7 Å². The molecule has 136 valence electrons. The zero-order chi connectivity index (χ0) is 18.0. The second kappa shape index (κ2) is 10.8. The van der Waals surface area contributed by atoms with Gasteiger partial charge in [0.2, 0.25) is 0 Å². The molecule has 24 heavy (non-hydrogen) atoms.